The normalized spacial score (nSPS) is 11.7. The van der Waals surface area contributed by atoms with Gasteiger partial charge in [-0.25, -0.2) is 0 Å². The summed E-state index contributed by atoms with van der Waals surface area (Å²) in [5.41, 5.74) is 1.71. The molecule has 0 bridgehead atoms. The predicted molar refractivity (Wildman–Crippen MR) is 113 cm³/mol. The van der Waals surface area contributed by atoms with Gasteiger partial charge in [-0.1, -0.05) is 64.8 Å². The van der Waals surface area contributed by atoms with Crippen LogP contribution in [-0.2, 0) is 22.6 Å². The van der Waals surface area contributed by atoms with Crippen LogP contribution in [-0.4, -0.2) is 29.3 Å². The highest BCUT2D eigenvalue weighted by atomic mass is 79.9. The van der Waals surface area contributed by atoms with E-state index in [2.05, 4.69) is 21.2 Å². The van der Waals surface area contributed by atoms with Crippen LogP contribution < -0.4 is 5.32 Å². The van der Waals surface area contributed by atoms with E-state index in [1.165, 1.54) is 0 Å². The van der Waals surface area contributed by atoms with Crippen LogP contribution >= 0.6 is 27.5 Å². The first-order valence-corrected chi connectivity index (χ1v) is 10.1. The smallest absolute Gasteiger partial charge is 0.242 e. The number of halogens is 2. The molecular formula is C21H24BrClN2O2. The average Bonchev–Trinajstić information content (AvgIpc) is 2.65. The van der Waals surface area contributed by atoms with Crippen LogP contribution in [0.3, 0.4) is 0 Å². The van der Waals surface area contributed by atoms with E-state index in [-0.39, 0.29) is 18.2 Å². The van der Waals surface area contributed by atoms with Gasteiger partial charge >= 0.3 is 0 Å². The minimum Gasteiger partial charge on any atom is -0.354 e. The maximum atomic E-state index is 13.0. The highest BCUT2D eigenvalue weighted by Crippen LogP contribution is 2.19. The standard InChI is InChI=1S/C21H24BrClN2O2/c1-3-11-24-21(27)15(2)25(14-16-7-6-9-18(22)12-16)20(26)13-17-8-4-5-10-19(17)23/h4-10,12,15H,3,11,13-14H2,1-2H3,(H,24,27)/t15-/m1/s1. The summed E-state index contributed by atoms with van der Waals surface area (Å²) in [5, 5.41) is 3.42. The van der Waals surface area contributed by atoms with Crippen LogP contribution in [0.15, 0.2) is 53.0 Å². The highest BCUT2D eigenvalue weighted by molar-refractivity contribution is 9.10. The Morgan fingerprint density at radius 1 is 1.19 bits per heavy atom. The summed E-state index contributed by atoms with van der Waals surface area (Å²) in [7, 11) is 0. The quantitative estimate of drug-likeness (QED) is 0.638. The van der Waals surface area contributed by atoms with E-state index in [4.69, 9.17) is 11.6 Å². The van der Waals surface area contributed by atoms with Crippen LogP contribution in [0.2, 0.25) is 5.02 Å². The molecule has 2 aromatic carbocycles. The molecule has 2 aromatic rings. The van der Waals surface area contributed by atoms with Crippen LogP contribution in [0.5, 0.6) is 0 Å². The lowest BCUT2D eigenvalue weighted by Crippen LogP contribution is -2.48. The molecule has 1 atom stereocenters. The number of nitrogens with zero attached hydrogens (tertiary/aromatic N) is 1. The van der Waals surface area contributed by atoms with Crippen LogP contribution in [0, 0.1) is 0 Å². The van der Waals surface area contributed by atoms with Gasteiger partial charge in [-0.05, 0) is 42.7 Å². The van der Waals surface area contributed by atoms with Crippen molar-refractivity contribution in [3.8, 4) is 0 Å². The van der Waals surface area contributed by atoms with Gasteiger partial charge in [0, 0.05) is 22.6 Å². The van der Waals surface area contributed by atoms with Crippen molar-refractivity contribution < 1.29 is 9.59 Å². The summed E-state index contributed by atoms with van der Waals surface area (Å²) in [6.45, 7) is 4.69. The lowest BCUT2D eigenvalue weighted by Gasteiger charge is -2.29. The minimum atomic E-state index is -0.578. The molecule has 0 radical (unpaired) electrons. The average molecular weight is 452 g/mol. The first-order valence-electron chi connectivity index (χ1n) is 8.97. The third-order valence-electron chi connectivity index (χ3n) is 4.26. The Bertz CT molecular complexity index is 797. The van der Waals surface area contributed by atoms with Gasteiger partial charge in [-0.2, -0.15) is 0 Å². The van der Waals surface area contributed by atoms with E-state index in [0.29, 0.717) is 18.1 Å². The minimum absolute atomic E-state index is 0.137. The Kier molecular flexibility index (Phi) is 8.32. The van der Waals surface area contributed by atoms with Gasteiger partial charge in [0.15, 0.2) is 0 Å². The monoisotopic (exact) mass is 450 g/mol. The molecule has 4 nitrogen and oxygen atoms in total. The second-order valence-corrected chi connectivity index (χ2v) is 7.71. The second kappa shape index (κ2) is 10.5. The van der Waals surface area contributed by atoms with Gasteiger partial charge in [0.05, 0.1) is 6.42 Å². The van der Waals surface area contributed by atoms with Crippen molar-refractivity contribution in [1.29, 1.82) is 0 Å². The number of amides is 2. The van der Waals surface area contributed by atoms with E-state index in [1.807, 2.05) is 49.4 Å². The Hall–Kier alpha value is -1.85. The number of carbonyl (C=O) groups is 2. The Morgan fingerprint density at radius 2 is 1.93 bits per heavy atom. The molecule has 0 heterocycles. The molecule has 0 saturated heterocycles. The molecule has 0 spiro atoms. The molecule has 1 N–H and O–H groups in total. The van der Waals surface area contributed by atoms with Crippen molar-refractivity contribution in [3.05, 3.63) is 69.2 Å². The number of rotatable bonds is 8. The van der Waals surface area contributed by atoms with Crippen LogP contribution in [0.4, 0.5) is 0 Å². The molecule has 0 aliphatic heterocycles. The SMILES string of the molecule is CCCNC(=O)[C@@H](C)N(Cc1cccc(Br)c1)C(=O)Cc1ccccc1Cl. The Morgan fingerprint density at radius 3 is 2.59 bits per heavy atom. The molecule has 0 unspecified atom stereocenters. The third-order valence-corrected chi connectivity index (χ3v) is 5.12. The molecule has 0 saturated carbocycles. The van der Waals surface area contributed by atoms with Crippen molar-refractivity contribution in [1.82, 2.24) is 10.2 Å². The highest BCUT2D eigenvalue weighted by Gasteiger charge is 2.26. The van der Waals surface area contributed by atoms with Gasteiger partial charge in [-0.15, -0.1) is 0 Å². The maximum absolute atomic E-state index is 13.0. The molecule has 6 heteroatoms. The topological polar surface area (TPSA) is 49.4 Å². The van der Waals surface area contributed by atoms with Gasteiger partial charge in [0.1, 0.15) is 6.04 Å². The zero-order valence-corrected chi connectivity index (χ0v) is 17.9. The zero-order valence-electron chi connectivity index (χ0n) is 15.5. The Balaban J connectivity index is 2.23. The second-order valence-electron chi connectivity index (χ2n) is 6.39. The predicted octanol–water partition coefficient (Wildman–Crippen LogP) is 4.59. The van der Waals surface area contributed by atoms with Crippen molar-refractivity contribution in [2.45, 2.75) is 39.3 Å². The molecule has 0 aliphatic rings. The Labute approximate surface area is 174 Å². The summed E-state index contributed by atoms with van der Waals surface area (Å²) in [6, 6.07) is 14.4. The molecular weight excluding hydrogens is 428 g/mol. The van der Waals surface area contributed by atoms with Gasteiger partial charge in [0.25, 0.3) is 0 Å². The van der Waals surface area contributed by atoms with Crippen LogP contribution in [0.1, 0.15) is 31.4 Å². The molecule has 0 fully saturated rings. The van der Waals surface area contributed by atoms with Gasteiger partial charge < -0.3 is 10.2 Å². The first-order chi connectivity index (χ1) is 12.9. The fourth-order valence-corrected chi connectivity index (χ4v) is 3.37. The maximum Gasteiger partial charge on any atom is 0.242 e. The third kappa shape index (κ3) is 6.36. The lowest BCUT2D eigenvalue weighted by molar-refractivity contribution is -0.140. The fraction of sp³-hybridized carbons (Fsp3) is 0.333. The zero-order chi connectivity index (χ0) is 19.8. The summed E-state index contributed by atoms with van der Waals surface area (Å²) in [4.78, 5) is 27.1. The van der Waals surface area contributed by atoms with Crippen LogP contribution in [0.25, 0.3) is 0 Å². The number of nitrogens with one attached hydrogen (secondary N) is 1. The van der Waals surface area contributed by atoms with Crippen molar-refractivity contribution in [2.75, 3.05) is 6.54 Å². The fourth-order valence-electron chi connectivity index (χ4n) is 2.72. The summed E-state index contributed by atoms with van der Waals surface area (Å²) in [6.07, 6.45) is 0.997. The summed E-state index contributed by atoms with van der Waals surface area (Å²) in [5.74, 6) is -0.290. The summed E-state index contributed by atoms with van der Waals surface area (Å²) >= 11 is 9.66. The number of carbonyl (C=O) groups excluding carboxylic acids is 2. The van der Waals surface area contributed by atoms with Crippen molar-refractivity contribution >= 4 is 39.3 Å². The molecule has 27 heavy (non-hydrogen) atoms. The number of benzene rings is 2. The van der Waals surface area contributed by atoms with E-state index in [0.717, 1.165) is 22.0 Å². The lowest BCUT2D eigenvalue weighted by atomic mass is 10.1. The van der Waals surface area contributed by atoms with Crippen molar-refractivity contribution in [2.24, 2.45) is 0 Å². The molecule has 2 rings (SSSR count). The van der Waals surface area contributed by atoms with E-state index in [9.17, 15) is 9.59 Å². The molecule has 144 valence electrons. The number of hydrogen-bond donors (Lipinski definition) is 1. The molecule has 0 aliphatic carbocycles. The van der Waals surface area contributed by atoms with E-state index >= 15 is 0 Å². The largest absolute Gasteiger partial charge is 0.354 e. The van der Waals surface area contributed by atoms with Gasteiger partial charge in [-0.3, -0.25) is 9.59 Å². The first kappa shape index (κ1) is 21.5. The van der Waals surface area contributed by atoms with Crippen molar-refractivity contribution in [3.63, 3.8) is 0 Å². The van der Waals surface area contributed by atoms with E-state index in [1.54, 1.807) is 17.9 Å². The molecule has 0 aromatic heterocycles. The summed E-state index contributed by atoms with van der Waals surface area (Å²) < 4.78 is 0.932. The van der Waals surface area contributed by atoms with E-state index < -0.39 is 6.04 Å². The van der Waals surface area contributed by atoms with Gasteiger partial charge in [0.2, 0.25) is 11.8 Å². The number of hydrogen-bond acceptors (Lipinski definition) is 2. The molecule has 2 amide bonds.